The Morgan fingerprint density at radius 3 is 3.00 bits per heavy atom. The Morgan fingerprint density at radius 1 is 1.75 bits per heavy atom. The van der Waals surface area contributed by atoms with Crippen LogP contribution in [0.25, 0.3) is 0 Å². The van der Waals surface area contributed by atoms with Gasteiger partial charge in [-0.2, -0.15) is 0 Å². The van der Waals surface area contributed by atoms with Gasteiger partial charge in [0.1, 0.15) is 0 Å². The fraction of sp³-hybridized carbons (Fsp3) is 0.875. The number of amides is 1. The standard InChI is InChI=1S/C8H16N2O2/c1-6(8(11)9-2)7-5-10-3-4-12-7/h6-7,10H,3-5H2,1-2H3,(H,9,11). The van der Waals surface area contributed by atoms with Crippen molar-refractivity contribution in [3.05, 3.63) is 0 Å². The first-order chi connectivity index (χ1) is 5.75. The molecule has 0 aromatic carbocycles. The SMILES string of the molecule is CNC(=O)C(C)C1CNCCO1. The lowest BCUT2D eigenvalue weighted by molar-refractivity contribution is -0.129. The molecular formula is C8H16N2O2. The van der Waals surface area contributed by atoms with E-state index in [-0.39, 0.29) is 17.9 Å². The molecule has 4 nitrogen and oxygen atoms in total. The molecule has 2 unspecified atom stereocenters. The van der Waals surface area contributed by atoms with Crippen LogP contribution in [-0.4, -0.2) is 38.8 Å². The minimum Gasteiger partial charge on any atom is -0.375 e. The first-order valence-electron chi connectivity index (χ1n) is 4.29. The van der Waals surface area contributed by atoms with Crippen LogP contribution in [0.3, 0.4) is 0 Å². The van der Waals surface area contributed by atoms with Crippen molar-refractivity contribution in [1.82, 2.24) is 10.6 Å². The summed E-state index contributed by atoms with van der Waals surface area (Å²) in [6.45, 7) is 4.24. The smallest absolute Gasteiger partial charge is 0.225 e. The zero-order chi connectivity index (χ0) is 8.97. The summed E-state index contributed by atoms with van der Waals surface area (Å²) in [5.41, 5.74) is 0. The fourth-order valence-electron chi connectivity index (χ4n) is 1.30. The average Bonchev–Trinajstić information content (AvgIpc) is 2.17. The Balaban J connectivity index is 2.39. The molecule has 1 heterocycles. The zero-order valence-electron chi connectivity index (χ0n) is 7.59. The Bertz CT molecular complexity index is 155. The lowest BCUT2D eigenvalue weighted by atomic mass is 10.0. The van der Waals surface area contributed by atoms with E-state index in [1.807, 2.05) is 6.92 Å². The highest BCUT2D eigenvalue weighted by molar-refractivity contribution is 5.78. The molecule has 2 N–H and O–H groups in total. The lowest BCUT2D eigenvalue weighted by Crippen LogP contribution is -2.46. The molecule has 0 aromatic rings. The van der Waals surface area contributed by atoms with Crippen LogP contribution >= 0.6 is 0 Å². The van der Waals surface area contributed by atoms with Gasteiger partial charge < -0.3 is 15.4 Å². The number of carbonyl (C=O) groups is 1. The summed E-state index contributed by atoms with van der Waals surface area (Å²) in [4.78, 5) is 11.2. The molecule has 0 saturated carbocycles. The normalized spacial score (nSPS) is 26.3. The van der Waals surface area contributed by atoms with Gasteiger partial charge in [-0.05, 0) is 0 Å². The van der Waals surface area contributed by atoms with Crippen LogP contribution in [0, 0.1) is 5.92 Å². The Kier molecular flexibility index (Phi) is 3.49. The van der Waals surface area contributed by atoms with Crippen LogP contribution in [0.15, 0.2) is 0 Å². The second kappa shape index (κ2) is 4.42. The van der Waals surface area contributed by atoms with E-state index in [4.69, 9.17) is 4.74 Å². The van der Waals surface area contributed by atoms with E-state index in [9.17, 15) is 4.79 Å². The first-order valence-corrected chi connectivity index (χ1v) is 4.29. The molecular weight excluding hydrogens is 156 g/mol. The van der Waals surface area contributed by atoms with E-state index >= 15 is 0 Å². The monoisotopic (exact) mass is 172 g/mol. The summed E-state index contributed by atoms with van der Waals surface area (Å²) in [6, 6.07) is 0. The number of hydrogen-bond donors (Lipinski definition) is 2. The number of hydrogen-bond acceptors (Lipinski definition) is 3. The van der Waals surface area contributed by atoms with Crippen LogP contribution in [0.2, 0.25) is 0 Å². The maximum absolute atomic E-state index is 11.2. The summed E-state index contributed by atoms with van der Waals surface area (Å²) >= 11 is 0. The quantitative estimate of drug-likeness (QED) is 0.582. The topological polar surface area (TPSA) is 50.4 Å². The van der Waals surface area contributed by atoms with Gasteiger partial charge in [-0.1, -0.05) is 6.92 Å². The van der Waals surface area contributed by atoms with Gasteiger partial charge in [0.15, 0.2) is 0 Å². The Labute approximate surface area is 72.7 Å². The maximum Gasteiger partial charge on any atom is 0.225 e. The van der Waals surface area contributed by atoms with Crippen LogP contribution in [0.4, 0.5) is 0 Å². The van der Waals surface area contributed by atoms with Crippen molar-refractivity contribution in [3.8, 4) is 0 Å². The first kappa shape index (κ1) is 9.48. The maximum atomic E-state index is 11.2. The van der Waals surface area contributed by atoms with E-state index < -0.39 is 0 Å². The van der Waals surface area contributed by atoms with E-state index in [0.717, 1.165) is 13.1 Å². The Morgan fingerprint density at radius 2 is 2.50 bits per heavy atom. The third-order valence-corrected chi connectivity index (χ3v) is 2.17. The predicted molar refractivity (Wildman–Crippen MR) is 45.8 cm³/mol. The van der Waals surface area contributed by atoms with Gasteiger partial charge in [0.2, 0.25) is 5.91 Å². The number of carbonyl (C=O) groups excluding carboxylic acids is 1. The summed E-state index contributed by atoms with van der Waals surface area (Å²) < 4.78 is 5.44. The molecule has 1 fully saturated rings. The molecule has 1 aliphatic heterocycles. The molecule has 0 spiro atoms. The molecule has 2 atom stereocenters. The summed E-state index contributed by atoms with van der Waals surface area (Å²) in [5, 5.41) is 5.81. The summed E-state index contributed by atoms with van der Waals surface area (Å²) in [5.74, 6) is -0.0218. The molecule has 12 heavy (non-hydrogen) atoms. The van der Waals surface area contributed by atoms with Gasteiger partial charge in [-0.3, -0.25) is 4.79 Å². The second-order valence-electron chi connectivity index (χ2n) is 3.02. The molecule has 0 aromatic heterocycles. The molecule has 0 bridgehead atoms. The highest BCUT2D eigenvalue weighted by Gasteiger charge is 2.25. The number of nitrogens with one attached hydrogen (secondary N) is 2. The number of ether oxygens (including phenoxy) is 1. The predicted octanol–water partition coefficient (Wildman–Crippen LogP) is -0.643. The van der Waals surface area contributed by atoms with Gasteiger partial charge in [0.25, 0.3) is 0 Å². The van der Waals surface area contributed by atoms with E-state index in [1.165, 1.54) is 0 Å². The van der Waals surface area contributed by atoms with Crippen LogP contribution < -0.4 is 10.6 Å². The molecule has 0 radical (unpaired) electrons. The third-order valence-electron chi connectivity index (χ3n) is 2.17. The molecule has 0 aliphatic carbocycles. The van der Waals surface area contributed by atoms with E-state index in [1.54, 1.807) is 7.05 Å². The van der Waals surface area contributed by atoms with Gasteiger partial charge >= 0.3 is 0 Å². The molecule has 70 valence electrons. The summed E-state index contributed by atoms with van der Waals surface area (Å²) in [6.07, 6.45) is 0.0266. The van der Waals surface area contributed by atoms with Crippen molar-refractivity contribution in [2.24, 2.45) is 5.92 Å². The molecule has 1 rings (SSSR count). The highest BCUT2D eigenvalue weighted by atomic mass is 16.5. The van der Waals surface area contributed by atoms with Gasteiger partial charge in [-0.25, -0.2) is 0 Å². The van der Waals surface area contributed by atoms with Gasteiger partial charge in [0, 0.05) is 20.1 Å². The largest absolute Gasteiger partial charge is 0.375 e. The molecule has 1 aliphatic rings. The van der Waals surface area contributed by atoms with Crippen molar-refractivity contribution in [1.29, 1.82) is 0 Å². The van der Waals surface area contributed by atoms with Crippen LogP contribution in [0.1, 0.15) is 6.92 Å². The molecule has 1 amide bonds. The van der Waals surface area contributed by atoms with Crippen molar-refractivity contribution >= 4 is 5.91 Å². The lowest BCUT2D eigenvalue weighted by Gasteiger charge is -2.27. The molecule has 4 heteroatoms. The zero-order valence-corrected chi connectivity index (χ0v) is 7.59. The molecule has 1 saturated heterocycles. The number of morpholine rings is 1. The van der Waals surface area contributed by atoms with Crippen molar-refractivity contribution in [2.75, 3.05) is 26.7 Å². The minimum atomic E-state index is -0.0669. The third kappa shape index (κ3) is 2.19. The van der Waals surface area contributed by atoms with Crippen molar-refractivity contribution < 1.29 is 9.53 Å². The number of rotatable bonds is 2. The highest BCUT2D eigenvalue weighted by Crippen LogP contribution is 2.08. The van der Waals surface area contributed by atoms with E-state index in [2.05, 4.69) is 10.6 Å². The average molecular weight is 172 g/mol. The van der Waals surface area contributed by atoms with E-state index in [0.29, 0.717) is 6.61 Å². The minimum absolute atomic E-state index is 0.0266. The second-order valence-corrected chi connectivity index (χ2v) is 3.02. The van der Waals surface area contributed by atoms with Crippen LogP contribution in [0.5, 0.6) is 0 Å². The van der Waals surface area contributed by atoms with Gasteiger partial charge in [0.05, 0.1) is 18.6 Å². The Hall–Kier alpha value is -0.610. The van der Waals surface area contributed by atoms with Crippen LogP contribution in [-0.2, 0) is 9.53 Å². The van der Waals surface area contributed by atoms with Crippen molar-refractivity contribution in [3.63, 3.8) is 0 Å². The fourth-order valence-corrected chi connectivity index (χ4v) is 1.30. The summed E-state index contributed by atoms with van der Waals surface area (Å²) in [7, 11) is 1.65. The van der Waals surface area contributed by atoms with Gasteiger partial charge in [-0.15, -0.1) is 0 Å². The van der Waals surface area contributed by atoms with Crippen molar-refractivity contribution in [2.45, 2.75) is 13.0 Å².